The Bertz CT molecular complexity index is 632. The first kappa shape index (κ1) is 10.8. The summed E-state index contributed by atoms with van der Waals surface area (Å²) < 4.78 is 23.5. The Labute approximate surface area is 102 Å². The predicted molar refractivity (Wildman–Crippen MR) is 68.3 cm³/mol. The lowest BCUT2D eigenvalue weighted by Crippen LogP contribution is -2.01. The molecular formula is C14H14O2S. The number of benzene rings is 1. The lowest BCUT2D eigenvalue weighted by Gasteiger charge is -2.07. The Morgan fingerprint density at radius 3 is 2.47 bits per heavy atom. The van der Waals surface area contributed by atoms with Gasteiger partial charge in [0.25, 0.3) is 0 Å². The maximum absolute atomic E-state index is 11.7. The number of rotatable bonds is 2. The Morgan fingerprint density at radius 2 is 1.88 bits per heavy atom. The van der Waals surface area contributed by atoms with Gasteiger partial charge in [0.05, 0.1) is 4.90 Å². The molecule has 0 bridgehead atoms. The van der Waals surface area contributed by atoms with E-state index in [1.807, 2.05) is 12.1 Å². The number of hydrogen-bond acceptors (Lipinski definition) is 2. The minimum absolute atomic E-state index is 0.250. The minimum atomic E-state index is -3.16. The standard InChI is InChI=1S/C14H14O2S/c1-17(15,16)13-5-3-2-4-12(13)11-6-7-14(10-11)8-9-14/h2-7,10H,8-9H2,1H3. The zero-order valence-electron chi connectivity index (χ0n) is 9.68. The van der Waals surface area contributed by atoms with Crippen LogP contribution in [0.2, 0.25) is 0 Å². The van der Waals surface area contributed by atoms with Crippen molar-refractivity contribution >= 4 is 15.4 Å². The van der Waals surface area contributed by atoms with Crippen LogP contribution in [-0.4, -0.2) is 14.7 Å². The highest BCUT2D eigenvalue weighted by molar-refractivity contribution is 7.90. The summed E-state index contributed by atoms with van der Waals surface area (Å²) >= 11 is 0. The molecule has 3 heteroatoms. The molecule has 0 heterocycles. The maximum atomic E-state index is 11.7. The van der Waals surface area contributed by atoms with Crippen LogP contribution in [0.1, 0.15) is 18.4 Å². The van der Waals surface area contributed by atoms with Gasteiger partial charge in [0.2, 0.25) is 0 Å². The molecule has 0 unspecified atom stereocenters. The second kappa shape index (κ2) is 3.33. The molecule has 1 aromatic carbocycles. The SMILES string of the molecule is CS(=O)(=O)c1ccccc1C1=CC2(C=C1)CC2. The molecule has 0 aliphatic heterocycles. The van der Waals surface area contributed by atoms with Crippen molar-refractivity contribution in [2.24, 2.45) is 5.41 Å². The van der Waals surface area contributed by atoms with E-state index in [9.17, 15) is 8.42 Å². The van der Waals surface area contributed by atoms with Crippen molar-refractivity contribution in [3.8, 4) is 0 Å². The summed E-state index contributed by atoms with van der Waals surface area (Å²) in [5.74, 6) is 0. The van der Waals surface area contributed by atoms with Gasteiger partial charge < -0.3 is 0 Å². The fourth-order valence-corrected chi connectivity index (χ4v) is 3.22. The highest BCUT2D eigenvalue weighted by Gasteiger charge is 2.40. The van der Waals surface area contributed by atoms with Crippen LogP contribution < -0.4 is 0 Å². The van der Waals surface area contributed by atoms with E-state index in [2.05, 4.69) is 18.2 Å². The van der Waals surface area contributed by atoms with E-state index in [4.69, 9.17) is 0 Å². The van der Waals surface area contributed by atoms with E-state index in [0.29, 0.717) is 4.90 Å². The number of hydrogen-bond donors (Lipinski definition) is 0. The first-order valence-corrected chi connectivity index (χ1v) is 7.61. The van der Waals surface area contributed by atoms with Crippen molar-refractivity contribution in [2.75, 3.05) is 6.26 Å². The Hall–Kier alpha value is -1.35. The van der Waals surface area contributed by atoms with Gasteiger partial charge in [-0.3, -0.25) is 0 Å². The maximum Gasteiger partial charge on any atom is 0.176 e. The van der Waals surface area contributed by atoms with Crippen LogP contribution in [0, 0.1) is 5.41 Å². The van der Waals surface area contributed by atoms with E-state index in [-0.39, 0.29) is 5.41 Å². The van der Waals surface area contributed by atoms with E-state index in [0.717, 1.165) is 11.1 Å². The molecule has 1 aromatic rings. The van der Waals surface area contributed by atoms with E-state index in [1.165, 1.54) is 19.1 Å². The second-order valence-corrected chi connectivity index (χ2v) is 6.92. The van der Waals surface area contributed by atoms with Crippen LogP contribution >= 0.6 is 0 Å². The van der Waals surface area contributed by atoms with Crippen molar-refractivity contribution in [3.05, 3.63) is 48.1 Å². The van der Waals surface area contributed by atoms with Gasteiger partial charge in [-0.05, 0) is 30.0 Å². The lowest BCUT2D eigenvalue weighted by molar-refractivity contribution is 0.601. The van der Waals surface area contributed by atoms with Crippen molar-refractivity contribution in [3.63, 3.8) is 0 Å². The smallest absolute Gasteiger partial charge is 0.176 e. The topological polar surface area (TPSA) is 34.1 Å². The van der Waals surface area contributed by atoms with Crippen LogP contribution in [0.3, 0.4) is 0 Å². The molecule has 1 fully saturated rings. The van der Waals surface area contributed by atoms with E-state index in [1.54, 1.807) is 12.1 Å². The Balaban J connectivity index is 2.14. The summed E-state index contributed by atoms with van der Waals surface area (Å²) in [4.78, 5) is 0.425. The van der Waals surface area contributed by atoms with Gasteiger partial charge in [-0.25, -0.2) is 8.42 Å². The quantitative estimate of drug-likeness (QED) is 0.804. The Morgan fingerprint density at radius 1 is 1.18 bits per heavy atom. The molecule has 0 aromatic heterocycles. The normalized spacial score (nSPS) is 20.6. The highest BCUT2D eigenvalue weighted by atomic mass is 32.2. The third-order valence-electron chi connectivity index (χ3n) is 3.46. The molecule has 0 amide bonds. The zero-order chi connectivity index (χ0) is 12.1. The third-order valence-corrected chi connectivity index (χ3v) is 4.62. The molecule has 3 rings (SSSR count). The van der Waals surface area contributed by atoms with E-state index < -0.39 is 9.84 Å². The molecule has 17 heavy (non-hydrogen) atoms. The molecule has 0 saturated heterocycles. The fourth-order valence-electron chi connectivity index (χ4n) is 2.31. The van der Waals surface area contributed by atoms with Gasteiger partial charge in [0, 0.05) is 11.7 Å². The summed E-state index contributed by atoms with van der Waals surface area (Å²) in [6.07, 6.45) is 10.1. The third kappa shape index (κ3) is 1.84. The molecule has 2 nitrogen and oxygen atoms in total. The summed E-state index contributed by atoms with van der Waals surface area (Å²) in [6, 6.07) is 7.22. The number of allylic oxidation sites excluding steroid dienone is 4. The summed E-state index contributed by atoms with van der Waals surface area (Å²) in [7, 11) is -3.16. The van der Waals surface area contributed by atoms with Gasteiger partial charge in [-0.1, -0.05) is 36.4 Å². The first-order valence-electron chi connectivity index (χ1n) is 5.72. The van der Waals surface area contributed by atoms with Gasteiger partial charge in [-0.15, -0.1) is 0 Å². The van der Waals surface area contributed by atoms with Crippen LogP contribution in [0.25, 0.3) is 5.57 Å². The fraction of sp³-hybridized carbons (Fsp3) is 0.286. The predicted octanol–water partition coefficient (Wildman–Crippen LogP) is 2.82. The van der Waals surface area contributed by atoms with Gasteiger partial charge in [0.1, 0.15) is 0 Å². The molecule has 1 saturated carbocycles. The monoisotopic (exact) mass is 246 g/mol. The second-order valence-electron chi connectivity index (χ2n) is 4.93. The molecule has 2 aliphatic rings. The van der Waals surface area contributed by atoms with Gasteiger partial charge in [0.15, 0.2) is 9.84 Å². The van der Waals surface area contributed by atoms with Crippen LogP contribution in [0.4, 0.5) is 0 Å². The summed E-state index contributed by atoms with van der Waals surface area (Å²) in [6.45, 7) is 0. The first-order chi connectivity index (χ1) is 8.00. The van der Waals surface area contributed by atoms with Gasteiger partial charge in [-0.2, -0.15) is 0 Å². The number of sulfone groups is 1. The lowest BCUT2D eigenvalue weighted by atomic mass is 10.1. The average molecular weight is 246 g/mol. The molecule has 1 spiro atoms. The molecule has 2 aliphatic carbocycles. The highest BCUT2D eigenvalue weighted by Crippen LogP contribution is 2.53. The largest absolute Gasteiger partial charge is 0.224 e. The van der Waals surface area contributed by atoms with Crippen molar-refractivity contribution in [1.82, 2.24) is 0 Å². The molecule has 88 valence electrons. The molecule has 0 radical (unpaired) electrons. The summed E-state index contributed by atoms with van der Waals surface area (Å²) in [5, 5.41) is 0. The van der Waals surface area contributed by atoms with Crippen LogP contribution in [0.5, 0.6) is 0 Å². The average Bonchev–Trinajstić information content (AvgIpc) is 2.88. The van der Waals surface area contributed by atoms with Crippen LogP contribution in [0.15, 0.2) is 47.4 Å². The van der Waals surface area contributed by atoms with Gasteiger partial charge >= 0.3 is 0 Å². The van der Waals surface area contributed by atoms with E-state index >= 15 is 0 Å². The van der Waals surface area contributed by atoms with Crippen LogP contribution in [-0.2, 0) is 9.84 Å². The molecule has 0 atom stereocenters. The Kier molecular flexibility index (Phi) is 2.11. The van der Waals surface area contributed by atoms with Crippen molar-refractivity contribution in [1.29, 1.82) is 0 Å². The zero-order valence-corrected chi connectivity index (χ0v) is 10.5. The molecule has 0 N–H and O–H groups in total. The van der Waals surface area contributed by atoms with Crippen molar-refractivity contribution in [2.45, 2.75) is 17.7 Å². The minimum Gasteiger partial charge on any atom is -0.224 e. The molecular weight excluding hydrogens is 232 g/mol. The van der Waals surface area contributed by atoms with Crippen molar-refractivity contribution < 1.29 is 8.42 Å². The summed E-state index contributed by atoms with van der Waals surface area (Å²) in [5.41, 5.74) is 2.12.